The number of nitrogens with zero attached hydrogens (tertiary/aromatic N) is 1. The average molecular weight is 284 g/mol. The van der Waals surface area contributed by atoms with E-state index >= 15 is 0 Å². The van der Waals surface area contributed by atoms with Crippen LogP contribution < -0.4 is 5.56 Å². The molecule has 1 aromatic carbocycles. The lowest BCUT2D eigenvalue weighted by Crippen LogP contribution is -2.34. The third kappa shape index (κ3) is 2.60. The molecule has 1 unspecified atom stereocenters. The van der Waals surface area contributed by atoms with Gasteiger partial charge in [-0.15, -0.1) is 0 Å². The number of H-pyrrole nitrogens is 1. The second-order valence-electron chi connectivity index (χ2n) is 5.32. The number of aromatic amines is 1. The summed E-state index contributed by atoms with van der Waals surface area (Å²) >= 11 is 0. The number of nitrogens with one attached hydrogen (secondary N) is 1. The molecule has 21 heavy (non-hydrogen) atoms. The van der Waals surface area contributed by atoms with Crippen molar-refractivity contribution in [2.45, 2.75) is 12.0 Å². The van der Waals surface area contributed by atoms with Gasteiger partial charge in [0.05, 0.1) is 12.1 Å². The maximum absolute atomic E-state index is 12.4. The van der Waals surface area contributed by atoms with Gasteiger partial charge < -0.3 is 15.0 Å². The first-order chi connectivity index (χ1) is 10.1. The Bertz CT molecular complexity index is 690. The number of β-amino-alcohol motifs (C(OH)–C–C–N with tert-alkyl or cyclic N) is 1. The van der Waals surface area contributed by atoms with Gasteiger partial charge in [-0.25, -0.2) is 0 Å². The van der Waals surface area contributed by atoms with Crippen LogP contribution in [-0.4, -0.2) is 34.0 Å². The summed E-state index contributed by atoms with van der Waals surface area (Å²) in [6, 6.07) is 12.2. The van der Waals surface area contributed by atoms with Crippen molar-refractivity contribution in [2.75, 3.05) is 13.1 Å². The van der Waals surface area contributed by atoms with Crippen LogP contribution in [-0.2, 0) is 5.60 Å². The lowest BCUT2D eigenvalue weighted by atomic mass is 9.93. The molecule has 1 saturated heterocycles. The largest absolute Gasteiger partial charge is 0.383 e. The summed E-state index contributed by atoms with van der Waals surface area (Å²) in [5.74, 6) is -0.182. The number of hydrogen-bond donors (Lipinski definition) is 2. The van der Waals surface area contributed by atoms with Crippen LogP contribution in [0.5, 0.6) is 0 Å². The molecule has 1 fully saturated rings. The third-order valence-corrected chi connectivity index (χ3v) is 3.88. The van der Waals surface area contributed by atoms with Gasteiger partial charge in [-0.1, -0.05) is 30.3 Å². The molecule has 1 atom stereocenters. The van der Waals surface area contributed by atoms with Gasteiger partial charge in [-0.05, 0) is 18.1 Å². The molecule has 5 heteroatoms. The molecule has 0 aliphatic carbocycles. The highest BCUT2D eigenvalue weighted by atomic mass is 16.3. The molecule has 2 aromatic rings. The number of hydrogen-bond acceptors (Lipinski definition) is 3. The van der Waals surface area contributed by atoms with Crippen molar-refractivity contribution < 1.29 is 9.90 Å². The van der Waals surface area contributed by atoms with E-state index in [0.717, 1.165) is 5.56 Å². The highest BCUT2D eigenvalue weighted by Crippen LogP contribution is 2.32. The molecule has 2 N–H and O–H groups in total. The van der Waals surface area contributed by atoms with E-state index in [9.17, 15) is 14.7 Å². The predicted molar refractivity (Wildman–Crippen MR) is 77.9 cm³/mol. The molecular weight excluding hydrogens is 268 g/mol. The van der Waals surface area contributed by atoms with Gasteiger partial charge in [0.2, 0.25) is 5.56 Å². The summed E-state index contributed by atoms with van der Waals surface area (Å²) in [5, 5.41) is 10.7. The maximum atomic E-state index is 12.4. The molecule has 1 aliphatic rings. The van der Waals surface area contributed by atoms with E-state index in [1.54, 1.807) is 4.90 Å². The molecule has 5 nitrogen and oxygen atoms in total. The first kappa shape index (κ1) is 13.6. The number of benzene rings is 1. The fraction of sp³-hybridized carbons (Fsp3) is 0.250. The van der Waals surface area contributed by atoms with Gasteiger partial charge in [0, 0.05) is 18.8 Å². The third-order valence-electron chi connectivity index (χ3n) is 3.88. The van der Waals surface area contributed by atoms with Crippen molar-refractivity contribution in [2.24, 2.45) is 0 Å². The fourth-order valence-electron chi connectivity index (χ4n) is 2.68. The van der Waals surface area contributed by atoms with Crippen molar-refractivity contribution in [3.63, 3.8) is 0 Å². The Morgan fingerprint density at radius 2 is 1.95 bits per heavy atom. The smallest absolute Gasteiger partial charge is 0.255 e. The van der Waals surface area contributed by atoms with E-state index in [-0.39, 0.29) is 18.0 Å². The van der Waals surface area contributed by atoms with Gasteiger partial charge in [0.15, 0.2) is 0 Å². The highest BCUT2D eigenvalue weighted by Gasteiger charge is 2.39. The highest BCUT2D eigenvalue weighted by molar-refractivity contribution is 5.94. The van der Waals surface area contributed by atoms with E-state index in [4.69, 9.17) is 0 Å². The van der Waals surface area contributed by atoms with Crippen LogP contribution in [0.2, 0.25) is 0 Å². The summed E-state index contributed by atoms with van der Waals surface area (Å²) < 4.78 is 0. The molecule has 3 rings (SSSR count). The Hall–Kier alpha value is -2.40. The van der Waals surface area contributed by atoms with E-state index in [2.05, 4.69) is 4.98 Å². The number of pyridine rings is 1. The molecule has 1 aliphatic heterocycles. The predicted octanol–water partition coefficient (Wildman–Crippen LogP) is 1.11. The minimum absolute atomic E-state index is 0.182. The zero-order valence-electron chi connectivity index (χ0n) is 11.5. The minimum Gasteiger partial charge on any atom is -0.383 e. The molecule has 2 heterocycles. The van der Waals surface area contributed by atoms with Crippen LogP contribution in [0.25, 0.3) is 0 Å². The second kappa shape index (κ2) is 5.18. The molecule has 0 bridgehead atoms. The second-order valence-corrected chi connectivity index (χ2v) is 5.32. The van der Waals surface area contributed by atoms with Crippen molar-refractivity contribution in [1.82, 2.24) is 9.88 Å². The number of carbonyl (C=O) groups is 1. The van der Waals surface area contributed by atoms with E-state index in [0.29, 0.717) is 18.5 Å². The topological polar surface area (TPSA) is 73.4 Å². The molecule has 0 spiro atoms. The quantitative estimate of drug-likeness (QED) is 0.867. The van der Waals surface area contributed by atoms with E-state index < -0.39 is 5.60 Å². The Morgan fingerprint density at radius 3 is 2.62 bits per heavy atom. The monoisotopic (exact) mass is 284 g/mol. The number of carbonyl (C=O) groups excluding carboxylic acids is 1. The molecule has 0 radical (unpaired) electrons. The van der Waals surface area contributed by atoms with E-state index in [1.165, 1.54) is 18.3 Å². The van der Waals surface area contributed by atoms with Crippen LogP contribution in [0.4, 0.5) is 0 Å². The summed E-state index contributed by atoms with van der Waals surface area (Å²) in [4.78, 5) is 27.5. The summed E-state index contributed by atoms with van der Waals surface area (Å²) in [6.45, 7) is 0.748. The normalized spacial score (nSPS) is 21.5. The summed E-state index contributed by atoms with van der Waals surface area (Å²) in [6.07, 6.45) is 1.91. The van der Waals surface area contributed by atoms with Crippen LogP contribution in [0.15, 0.2) is 53.5 Å². The van der Waals surface area contributed by atoms with Crippen LogP contribution in [0, 0.1) is 0 Å². The molecule has 0 saturated carbocycles. The first-order valence-electron chi connectivity index (χ1n) is 6.84. The van der Waals surface area contributed by atoms with Gasteiger partial charge in [-0.2, -0.15) is 0 Å². The van der Waals surface area contributed by atoms with Gasteiger partial charge in [0.1, 0.15) is 5.60 Å². The first-order valence-corrected chi connectivity index (χ1v) is 6.84. The number of rotatable bonds is 2. The average Bonchev–Trinajstić information content (AvgIpc) is 2.92. The molecular formula is C16H16N2O3. The minimum atomic E-state index is -1.00. The zero-order valence-corrected chi connectivity index (χ0v) is 11.5. The zero-order chi connectivity index (χ0) is 14.9. The number of likely N-dealkylation sites (tertiary alicyclic amines) is 1. The van der Waals surface area contributed by atoms with Crippen molar-refractivity contribution >= 4 is 5.91 Å². The number of aliphatic hydroxyl groups is 1. The van der Waals surface area contributed by atoms with Crippen molar-refractivity contribution in [1.29, 1.82) is 0 Å². The lowest BCUT2D eigenvalue weighted by Gasteiger charge is -2.24. The van der Waals surface area contributed by atoms with Crippen LogP contribution in [0.1, 0.15) is 22.3 Å². The number of aromatic nitrogens is 1. The fourth-order valence-corrected chi connectivity index (χ4v) is 2.68. The van der Waals surface area contributed by atoms with Gasteiger partial charge in [0.25, 0.3) is 5.91 Å². The lowest BCUT2D eigenvalue weighted by molar-refractivity contribution is 0.0417. The molecule has 108 valence electrons. The standard InChI is InChI=1S/C16H16N2O3/c19-14-7-6-12(10-17-14)15(20)18-9-8-16(21,11-18)13-4-2-1-3-5-13/h1-7,10,21H,8-9,11H2,(H,17,19). The summed E-state index contributed by atoms with van der Waals surface area (Å²) in [7, 11) is 0. The van der Waals surface area contributed by atoms with E-state index in [1.807, 2.05) is 30.3 Å². The Morgan fingerprint density at radius 1 is 1.19 bits per heavy atom. The van der Waals surface area contributed by atoms with Crippen LogP contribution >= 0.6 is 0 Å². The maximum Gasteiger partial charge on any atom is 0.255 e. The van der Waals surface area contributed by atoms with Crippen molar-refractivity contribution in [3.8, 4) is 0 Å². The van der Waals surface area contributed by atoms with Gasteiger partial charge in [-0.3, -0.25) is 9.59 Å². The Kier molecular flexibility index (Phi) is 3.35. The molecule has 1 aromatic heterocycles. The summed E-state index contributed by atoms with van der Waals surface area (Å²) in [5.41, 5.74) is 0.00138. The molecule has 1 amide bonds. The van der Waals surface area contributed by atoms with Crippen molar-refractivity contribution in [3.05, 3.63) is 70.1 Å². The Balaban J connectivity index is 1.79. The number of amides is 1. The Labute approximate surface area is 121 Å². The SMILES string of the molecule is O=C(c1ccc(=O)[nH]c1)N1CCC(O)(c2ccccc2)C1. The van der Waals surface area contributed by atoms with Crippen LogP contribution in [0.3, 0.4) is 0 Å². The van der Waals surface area contributed by atoms with Gasteiger partial charge >= 0.3 is 0 Å².